The molecule has 35 heavy (non-hydrogen) atoms. The van der Waals surface area contributed by atoms with E-state index in [2.05, 4.69) is 28.9 Å². The van der Waals surface area contributed by atoms with Gasteiger partial charge in [-0.1, -0.05) is 24.3 Å². The van der Waals surface area contributed by atoms with E-state index in [1.165, 1.54) is 23.9 Å². The summed E-state index contributed by atoms with van der Waals surface area (Å²) in [5.41, 5.74) is 2.35. The van der Waals surface area contributed by atoms with E-state index < -0.39 is 17.6 Å². The van der Waals surface area contributed by atoms with Crippen LogP contribution in [0.2, 0.25) is 0 Å². The highest BCUT2D eigenvalue weighted by molar-refractivity contribution is 6.01. The molecule has 0 aliphatic rings. The van der Waals surface area contributed by atoms with Crippen molar-refractivity contribution in [3.05, 3.63) is 77.3 Å². The molecule has 0 unspecified atom stereocenters. The zero-order valence-electron chi connectivity index (χ0n) is 19.4. The minimum Gasteiger partial charge on any atom is -0.505 e. The molecule has 0 fully saturated rings. The second-order valence-electron chi connectivity index (χ2n) is 8.10. The molecule has 0 atom stereocenters. The summed E-state index contributed by atoms with van der Waals surface area (Å²) >= 11 is 0. The van der Waals surface area contributed by atoms with Gasteiger partial charge in [0.05, 0.1) is 12.1 Å². The zero-order valence-corrected chi connectivity index (χ0v) is 19.4. The number of hydrogen-bond donors (Lipinski definition) is 3. The molecule has 2 heterocycles. The Morgan fingerprint density at radius 1 is 1.03 bits per heavy atom. The Labute approximate surface area is 201 Å². The second-order valence-corrected chi connectivity index (χ2v) is 8.10. The summed E-state index contributed by atoms with van der Waals surface area (Å²) in [6.07, 6.45) is 3.15. The summed E-state index contributed by atoms with van der Waals surface area (Å²) in [5.74, 6) is -1.43. The van der Waals surface area contributed by atoms with Gasteiger partial charge in [-0.15, -0.1) is 0 Å². The van der Waals surface area contributed by atoms with E-state index >= 15 is 0 Å². The van der Waals surface area contributed by atoms with Gasteiger partial charge >= 0.3 is 12.0 Å². The number of carboxylic acid groups (broad SMARTS) is 1. The normalized spacial score (nSPS) is 10.9. The van der Waals surface area contributed by atoms with Gasteiger partial charge in [0.25, 0.3) is 5.56 Å². The van der Waals surface area contributed by atoms with Crippen LogP contribution in [-0.4, -0.2) is 37.9 Å². The Morgan fingerprint density at radius 3 is 2.54 bits per heavy atom. The van der Waals surface area contributed by atoms with Crippen molar-refractivity contribution >= 4 is 34.3 Å². The minimum absolute atomic E-state index is 0.136. The number of aromatic nitrogens is 2. The summed E-state index contributed by atoms with van der Waals surface area (Å²) in [4.78, 5) is 38.1. The quantitative estimate of drug-likeness (QED) is 0.374. The van der Waals surface area contributed by atoms with E-state index in [-0.39, 0.29) is 24.4 Å². The van der Waals surface area contributed by atoms with E-state index in [9.17, 15) is 19.5 Å². The minimum atomic E-state index is -1.07. The predicted octanol–water partition coefficient (Wildman–Crippen LogP) is 4.05. The van der Waals surface area contributed by atoms with Gasteiger partial charge in [0, 0.05) is 38.0 Å². The van der Waals surface area contributed by atoms with Crippen LogP contribution in [0.25, 0.3) is 22.0 Å². The molecule has 4 rings (SSSR count). The number of aryl methyl sites for hydroxylation is 2. The molecule has 2 aromatic carbocycles. The molecule has 0 bridgehead atoms. The maximum atomic E-state index is 13.2. The van der Waals surface area contributed by atoms with Gasteiger partial charge in [-0.2, -0.15) is 0 Å². The van der Waals surface area contributed by atoms with Crippen molar-refractivity contribution in [1.29, 1.82) is 0 Å². The van der Waals surface area contributed by atoms with Gasteiger partial charge < -0.3 is 24.7 Å². The molecule has 0 saturated heterocycles. The van der Waals surface area contributed by atoms with Crippen molar-refractivity contribution in [3.8, 4) is 16.9 Å². The zero-order chi connectivity index (χ0) is 25.1. The van der Waals surface area contributed by atoms with Gasteiger partial charge in [0.15, 0.2) is 5.69 Å². The molecule has 2 amide bonds. The molecule has 0 saturated carbocycles. The number of carbonyl (C=O) groups excluding carboxylic acids is 1. The largest absolute Gasteiger partial charge is 0.505 e. The first-order chi connectivity index (χ1) is 16.8. The van der Waals surface area contributed by atoms with Gasteiger partial charge in [0.1, 0.15) is 5.75 Å². The number of aliphatic carboxylic acids is 1. The maximum absolute atomic E-state index is 13.2. The lowest BCUT2D eigenvalue weighted by molar-refractivity contribution is -0.136. The maximum Gasteiger partial charge on any atom is 0.326 e. The molecule has 4 aromatic rings. The summed E-state index contributed by atoms with van der Waals surface area (Å²) in [7, 11) is 1.51. The van der Waals surface area contributed by atoms with Crippen LogP contribution in [0.15, 0.2) is 71.8 Å². The Kier molecular flexibility index (Phi) is 6.59. The van der Waals surface area contributed by atoms with Crippen molar-refractivity contribution in [1.82, 2.24) is 14.5 Å². The number of pyridine rings is 1. The van der Waals surface area contributed by atoms with Crippen LogP contribution in [0.1, 0.15) is 13.3 Å². The van der Waals surface area contributed by atoms with Crippen LogP contribution in [0, 0.1) is 0 Å². The second kappa shape index (κ2) is 9.76. The summed E-state index contributed by atoms with van der Waals surface area (Å²) < 4.78 is 3.39. The molecule has 9 nitrogen and oxygen atoms in total. The van der Waals surface area contributed by atoms with Crippen LogP contribution >= 0.6 is 0 Å². The van der Waals surface area contributed by atoms with Crippen LogP contribution < -0.4 is 15.8 Å². The third-order valence-electron chi connectivity index (χ3n) is 5.82. The van der Waals surface area contributed by atoms with Gasteiger partial charge in [-0.25, -0.2) is 4.79 Å². The smallest absolute Gasteiger partial charge is 0.326 e. The van der Waals surface area contributed by atoms with Gasteiger partial charge in [-0.05, 0) is 53.8 Å². The molecule has 0 aliphatic carbocycles. The fourth-order valence-electron chi connectivity index (χ4n) is 3.98. The number of amides is 2. The van der Waals surface area contributed by atoms with Crippen LogP contribution in [0.3, 0.4) is 0 Å². The number of rotatable bonds is 7. The summed E-state index contributed by atoms with van der Waals surface area (Å²) in [6.45, 7) is 2.76. The number of aromatic hydroxyl groups is 1. The van der Waals surface area contributed by atoms with Gasteiger partial charge in [-0.3, -0.25) is 14.5 Å². The van der Waals surface area contributed by atoms with E-state index in [4.69, 9.17) is 5.11 Å². The highest BCUT2D eigenvalue weighted by Gasteiger charge is 2.25. The van der Waals surface area contributed by atoms with E-state index in [0.29, 0.717) is 5.69 Å². The van der Waals surface area contributed by atoms with Crippen molar-refractivity contribution in [2.75, 3.05) is 11.4 Å². The first kappa shape index (κ1) is 23.6. The number of fused-ring (bicyclic) bond motifs is 1. The predicted molar refractivity (Wildman–Crippen MR) is 134 cm³/mol. The Balaban J connectivity index is 1.81. The van der Waals surface area contributed by atoms with Crippen LogP contribution in [0.4, 0.5) is 16.2 Å². The Morgan fingerprint density at radius 2 is 1.80 bits per heavy atom. The topological polar surface area (TPSA) is 117 Å². The van der Waals surface area contributed by atoms with Crippen molar-refractivity contribution in [2.24, 2.45) is 7.05 Å². The summed E-state index contributed by atoms with van der Waals surface area (Å²) in [6, 6.07) is 15.8. The molecular weight excluding hydrogens is 448 g/mol. The lowest BCUT2D eigenvalue weighted by Crippen LogP contribution is -2.41. The highest BCUT2D eigenvalue weighted by atomic mass is 16.4. The van der Waals surface area contributed by atoms with E-state index in [0.717, 1.165) is 33.5 Å². The highest BCUT2D eigenvalue weighted by Crippen LogP contribution is 2.33. The fourth-order valence-corrected chi connectivity index (χ4v) is 3.98. The van der Waals surface area contributed by atoms with Crippen molar-refractivity contribution in [3.63, 3.8) is 0 Å². The molecule has 9 heteroatoms. The lowest BCUT2D eigenvalue weighted by Gasteiger charge is -2.24. The molecule has 180 valence electrons. The molecule has 2 aromatic heterocycles. The molecule has 0 radical (unpaired) electrons. The first-order valence-electron chi connectivity index (χ1n) is 11.2. The van der Waals surface area contributed by atoms with Crippen LogP contribution in [-0.2, 0) is 18.4 Å². The number of benzene rings is 2. The average Bonchev–Trinajstić information content (AvgIpc) is 3.26. The van der Waals surface area contributed by atoms with E-state index in [1.54, 1.807) is 18.2 Å². The summed E-state index contributed by atoms with van der Waals surface area (Å²) in [5, 5.41) is 23.1. The Hall–Kier alpha value is -4.53. The van der Waals surface area contributed by atoms with E-state index in [1.807, 2.05) is 24.4 Å². The first-order valence-corrected chi connectivity index (χ1v) is 11.2. The number of carbonyl (C=O) groups is 2. The lowest BCUT2D eigenvalue weighted by atomic mass is 10.0. The standard InChI is InChI=1S/C26H26N4O5/c1-3-29-14-10-17-7-8-19(16-21(17)29)18-5-4-6-20(15-18)30(26(35)27-12-9-23(32)33)24-22(31)11-13-28(2)25(24)34/h4-8,10-11,13-16,31H,3,9,12H2,1-2H3,(H,27,35)(H,32,33). The number of nitrogens with zero attached hydrogens (tertiary/aromatic N) is 3. The SMILES string of the molecule is CCn1ccc2ccc(-c3cccc(N(C(=O)NCCC(=O)O)c4c(O)ccn(C)c4=O)c3)cc21. The number of anilines is 2. The molecule has 0 spiro atoms. The monoisotopic (exact) mass is 474 g/mol. The molecule has 3 N–H and O–H groups in total. The fraction of sp³-hybridized carbons (Fsp3) is 0.192. The number of hydrogen-bond acceptors (Lipinski definition) is 4. The van der Waals surface area contributed by atoms with Crippen molar-refractivity contribution in [2.45, 2.75) is 19.9 Å². The Bertz CT molecular complexity index is 1470. The number of carboxylic acids is 1. The average molecular weight is 475 g/mol. The molecule has 0 aliphatic heterocycles. The van der Waals surface area contributed by atoms with Crippen LogP contribution in [0.5, 0.6) is 5.75 Å². The van der Waals surface area contributed by atoms with Crippen molar-refractivity contribution < 1.29 is 19.8 Å². The number of urea groups is 1. The third-order valence-corrected chi connectivity index (χ3v) is 5.82. The third kappa shape index (κ3) is 4.74. The molecular formula is C26H26N4O5. The van der Waals surface area contributed by atoms with Gasteiger partial charge in [0.2, 0.25) is 0 Å². The number of nitrogens with one attached hydrogen (secondary N) is 1.